The molecule has 0 aromatic heterocycles. The molecule has 0 saturated carbocycles. The van der Waals surface area contributed by atoms with Crippen LogP contribution in [0.3, 0.4) is 0 Å². The molecule has 0 atom stereocenters. The van der Waals surface area contributed by atoms with E-state index in [1.807, 2.05) is 24.3 Å². The van der Waals surface area contributed by atoms with Crippen molar-refractivity contribution in [3.05, 3.63) is 47.5 Å². The average molecular weight is 258 g/mol. The Balaban J connectivity index is 2.25. The van der Waals surface area contributed by atoms with Crippen LogP contribution in [0.15, 0.2) is 36.4 Å². The Morgan fingerprint density at radius 1 is 0.842 bits per heavy atom. The zero-order valence-corrected chi connectivity index (χ0v) is 10.4. The van der Waals surface area contributed by atoms with E-state index in [1.54, 1.807) is 19.3 Å². The van der Waals surface area contributed by atoms with Gasteiger partial charge in [0.15, 0.2) is 11.5 Å². The van der Waals surface area contributed by atoms with Crippen LogP contribution in [0.25, 0.3) is 12.2 Å². The molecular weight excluding hydrogens is 244 g/mol. The van der Waals surface area contributed by atoms with E-state index in [1.165, 1.54) is 12.1 Å². The molecule has 0 fully saturated rings. The van der Waals surface area contributed by atoms with Crippen LogP contribution in [0.2, 0.25) is 0 Å². The van der Waals surface area contributed by atoms with E-state index in [2.05, 4.69) is 0 Å². The predicted octanol–water partition coefficient (Wildman–Crippen LogP) is 2.98. The van der Waals surface area contributed by atoms with Crippen molar-refractivity contribution < 1.29 is 20.1 Å². The third-order valence-corrected chi connectivity index (χ3v) is 2.73. The van der Waals surface area contributed by atoms with Gasteiger partial charge in [-0.05, 0) is 29.8 Å². The highest BCUT2D eigenvalue weighted by Crippen LogP contribution is 2.37. The minimum atomic E-state index is -0.517. The molecule has 0 aliphatic rings. The van der Waals surface area contributed by atoms with Crippen molar-refractivity contribution in [1.82, 2.24) is 0 Å². The largest absolute Gasteiger partial charge is 0.504 e. The molecule has 2 rings (SSSR count). The summed E-state index contributed by atoms with van der Waals surface area (Å²) in [6.07, 6.45) is 3.43. The first-order chi connectivity index (χ1) is 9.11. The van der Waals surface area contributed by atoms with E-state index in [4.69, 9.17) is 4.74 Å². The fourth-order valence-corrected chi connectivity index (χ4v) is 1.62. The first-order valence-corrected chi connectivity index (χ1v) is 5.68. The van der Waals surface area contributed by atoms with Crippen LogP contribution >= 0.6 is 0 Å². The molecule has 2 aromatic carbocycles. The highest BCUT2D eigenvalue weighted by atomic mass is 16.5. The van der Waals surface area contributed by atoms with Gasteiger partial charge in [-0.1, -0.05) is 24.3 Å². The van der Waals surface area contributed by atoms with Gasteiger partial charge in [-0.2, -0.15) is 0 Å². The normalized spacial score (nSPS) is 10.8. The van der Waals surface area contributed by atoms with Crippen molar-refractivity contribution in [3.8, 4) is 23.0 Å². The number of phenolic OH excluding ortho intramolecular Hbond substituents is 3. The van der Waals surface area contributed by atoms with Gasteiger partial charge in [0.25, 0.3) is 0 Å². The number of hydrogen-bond donors (Lipinski definition) is 3. The maximum Gasteiger partial charge on any atom is 0.200 e. The standard InChI is InChI=1S/C15H14O4/c1-19-12-7-3-10(4-8-12)2-5-11-6-9-13(16)15(18)14(11)17/h2-9,16-18H,1H3. The lowest BCUT2D eigenvalue weighted by atomic mass is 10.1. The van der Waals surface area contributed by atoms with Gasteiger partial charge >= 0.3 is 0 Å². The molecule has 4 nitrogen and oxygen atoms in total. The molecule has 0 unspecified atom stereocenters. The maximum atomic E-state index is 9.66. The summed E-state index contributed by atoms with van der Waals surface area (Å²) in [4.78, 5) is 0. The second-order valence-electron chi connectivity index (χ2n) is 3.98. The molecule has 0 bridgehead atoms. The molecule has 0 amide bonds. The number of rotatable bonds is 3. The first kappa shape index (κ1) is 12.8. The topological polar surface area (TPSA) is 69.9 Å². The molecule has 98 valence electrons. The van der Waals surface area contributed by atoms with Crippen LogP contribution < -0.4 is 4.74 Å². The Morgan fingerprint density at radius 3 is 2.16 bits per heavy atom. The third-order valence-electron chi connectivity index (χ3n) is 2.73. The van der Waals surface area contributed by atoms with Crippen LogP contribution in [0.1, 0.15) is 11.1 Å². The average Bonchev–Trinajstić information content (AvgIpc) is 2.45. The SMILES string of the molecule is COc1ccc(C=Cc2ccc(O)c(O)c2O)cc1. The van der Waals surface area contributed by atoms with Crippen LogP contribution in [0.5, 0.6) is 23.0 Å². The Morgan fingerprint density at radius 2 is 1.53 bits per heavy atom. The van der Waals surface area contributed by atoms with Gasteiger partial charge < -0.3 is 20.1 Å². The van der Waals surface area contributed by atoms with Crippen molar-refractivity contribution in [2.45, 2.75) is 0 Å². The number of methoxy groups -OCH3 is 1. The van der Waals surface area contributed by atoms with Crippen molar-refractivity contribution in [2.24, 2.45) is 0 Å². The zero-order valence-electron chi connectivity index (χ0n) is 10.4. The summed E-state index contributed by atoms with van der Waals surface area (Å²) in [5.41, 5.74) is 1.35. The third kappa shape index (κ3) is 2.80. The van der Waals surface area contributed by atoms with Gasteiger partial charge in [0.2, 0.25) is 5.75 Å². The monoisotopic (exact) mass is 258 g/mol. The van der Waals surface area contributed by atoms with Crippen molar-refractivity contribution in [1.29, 1.82) is 0 Å². The number of phenols is 3. The highest BCUT2D eigenvalue weighted by Gasteiger charge is 2.08. The van der Waals surface area contributed by atoms with E-state index in [0.29, 0.717) is 5.56 Å². The van der Waals surface area contributed by atoms with Crippen molar-refractivity contribution in [2.75, 3.05) is 7.11 Å². The molecule has 3 N–H and O–H groups in total. The minimum Gasteiger partial charge on any atom is -0.504 e. The molecule has 0 spiro atoms. The number of hydrogen-bond acceptors (Lipinski definition) is 4. The Bertz CT molecular complexity index is 600. The summed E-state index contributed by atoms with van der Waals surface area (Å²) in [5, 5.41) is 28.3. The summed E-state index contributed by atoms with van der Waals surface area (Å²) >= 11 is 0. The summed E-state index contributed by atoms with van der Waals surface area (Å²) < 4.78 is 5.06. The lowest BCUT2D eigenvalue weighted by Gasteiger charge is -2.04. The van der Waals surface area contributed by atoms with E-state index >= 15 is 0 Å². The predicted molar refractivity (Wildman–Crippen MR) is 73.4 cm³/mol. The number of aromatic hydroxyl groups is 3. The highest BCUT2D eigenvalue weighted by molar-refractivity contribution is 5.75. The molecule has 0 aliphatic heterocycles. The van der Waals surface area contributed by atoms with E-state index < -0.39 is 5.75 Å². The second-order valence-corrected chi connectivity index (χ2v) is 3.98. The van der Waals surface area contributed by atoms with Gasteiger partial charge in [0, 0.05) is 5.56 Å². The molecule has 0 heterocycles. The molecule has 0 aliphatic carbocycles. The van der Waals surface area contributed by atoms with Gasteiger partial charge in [0.05, 0.1) is 7.11 Å². The first-order valence-electron chi connectivity index (χ1n) is 5.68. The summed E-state index contributed by atoms with van der Waals surface area (Å²) in [7, 11) is 1.60. The lowest BCUT2D eigenvalue weighted by molar-refractivity contribution is 0.367. The summed E-state index contributed by atoms with van der Waals surface area (Å²) in [6.45, 7) is 0. The van der Waals surface area contributed by atoms with Gasteiger partial charge in [0.1, 0.15) is 5.75 Å². The summed E-state index contributed by atoms with van der Waals surface area (Å²) in [5.74, 6) is -0.442. The summed E-state index contributed by atoms with van der Waals surface area (Å²) in [6, 6.07) is 10.2. The zero-order chi connectivity index (χ0) is 13.8. The molecule has 0 saturated heterocycles. The van der Waals surface area contributed by atoms with Crippen molar-refractivity contribution >= 4 is 12.2 Å². The van der Waals surface area contributed by atoms with Gasteiger partial charge in [-0.15, -0.1) is 0 Å². The Kier molecular flexibility index (Phi) is 3.61. The number of benzene rings is 2. The fourth-order valence-electron chi connectivity index (χ4n) is 1.62. The smallest absolute Gasteiger partial charge is 0.200 e. The van der Waals surface area contributed by atoms with E-state index in [-0.39, 0.29) is 11.5 Å². The minimum absolute atomic E-state index is 0.343. The molecule has 2 aromatic rings. The van der Waals surface area contributed by atoms with E-state index in [0.717, 1.165) is 11.3 Å². The fraction of sp³-hybridized carbons (Fsp3) is 0.0667. The van der Waals surface area contributed by atoms with Crippen LogP contribution in [-0.4, -0.2) is 22.4 Å². The number of ether oxygens (including phenoxy) is 1. The quantitative estimate of drug-likeness (QED) is 0.584. The van der Waals surface area contributed by atoms with Crippen LogP contribution in [0, 0.1) is 0 Å². The lowest BCUT2D eigenvalue weighted by Crippen LogP contribution is -1.81. The van der Waals surface area contributed by atoms with Crippen LogP contribution in [-0.2, 0) is 0 Å². The Hall–Kier alpha value is -2.62. The molecule has 4 heteroatoms. The van der Waals surface area contributed by atoms with Crippen molar-refractivity contribution in [3.63, 3.8) is 0 Å². The van der Waals surface area contributed by atoms with Gasteiger partial charge in [-0.3, -0.25) is 0 Å². The maximum absolute atomic E-state index is 9.66. The molecule has 0 radical (unpaired) electrons. The van der Waals surface area contributed by atoms with E-state index in [9.17, 15) is 15.3 Å². The van der Waals surface area contributed by atoms with Crippen LogP contribution in [0.4, 0.5) is 0 Å². The Labute approximate surface area is 110 Å². The molecule has 19 heavy (non-hydrogen) atoms. The van der Waals surface area contributed by atoms with Gasteiger partial charge in [-0.25, -0.2) is 0 Å². The second kappa shape index (κ2) is 5.35. The molecular formula is C15H14O4.